The van der Waals surface area contributed by atoms with E-state index in [0.29, 0.717) is 0 Å². The summed E-state index contributed by atoms with van der Waals surface area (Å²) in [6, 6.07) is 0. The van der Waals surface area contributed by atoms with Gasteiger partial charge in [0.15, 0.2) is 5.65 Å². The maximum absolute atomic E-state index is 6.09. The molecule has 20 heavy (non-hydrogen) atoms. The zero-order valence-electron chi connectivity index (χ0n) is 12.9. The smallest absolute Gasteiger partial charge is 0.398 e. The van der Waals surface area contributed by atoms with Crippen LogP contribution in [0, 0.1) is 13.8 Å². The normalized spacial score (nSPS) is 20.8. The maximum Gasteiger partial charge on any atom is 0.516 e. The number of rotatable bonds is 1. The molecule has 0 bridgehead atoms. The van der Waals surface area contributed by atoms with Crippen molar-refractivity contribution in [2.75, 3.05) is 0 Å². The third-order valence-electron chi connectivity index (χ3n) is 4.60. The van der Waals surface area contributed by atoms with Crippen LogP contribution in [0.15, 0.2) is 12.4 Å². The van der Waals surface area contributed by atoms with Gasteiger partial charge in [-0.15, -0.1) is 0 Å². The summed E-state index contributed by atoms with van der Waals surface area (Å²) in [5.74, 6) is 0. The van der Waals surface area contributed by atoms with Crippen LogP contribution in [0.2, 0.25) is 0 Å². The summed E-state index contributed by atoms with van der Waals surface area (Å²) >= 11 is 0. The molecule has 0 radical (unpaired) electrons. The monoisotopic (exact) mass is 273 g/mol. The number of nitrogens with zero attached hydrogens (tertiary/aromatic N) is 3. The fourth-order valence-corrected chi connectivity index (χ4v) is 2.38. The molecule has 2 aromatic heterocycles. The van der Waals surface area contributed by atoms with Gasteiger partial charge in [-0.3, -0.25) is 0 Å². The maximum atomic E-state index is 6.09. The molecule has 6 heteroatoms. The van der Waals surface area contributed by atoms with Crippen LogP contribution < -0.4 is 5.59 Å². The van der Waals surface area contributed by atoms with Gasteiger partial charge in [-0.1, -0.05) is 0 Å². The highest BCUT2D eigenvalue weighted by atomic mass is 16.7. The number of fused-ring (bicyclic) bond motifs is 1. The number of aryl methyl sites for hydroxylation is 1. The summed E-state index contributed by atoms with van der Waals surface area (Å²) in [5, 5.41) is 4.61. The Kier molecular flexibility index (Phi) is 2.75. The fourth-order valence-electron chi connectivity index (χ4n) is 2.38. The van der Waals surface area contributed by atoms with E-state index in [1.807, 2.05) is 47.7 Å². The van der Waals surface area contributed by atoms with Crippen LogP contribution in [0.1, 0.15) is 38.8 Å². The van der Waals surface area contributed by atoms with Crippen molar-refractivity contribution in [3.8, 4) is 0 Å². The molecule has 3 rings (SSSR count). The molecule has 106 valence electrons. The zero-order valence-corrected chi connectivity index (χ0v) is 12.9. The average molecular weight is 273 g/mol. The summed E-state index contributed by atoms with van der Waals surface area (Å²) < 4.78 is 14.0. The van der Waals surface area contributed by atoms with Gasteiger partial charge in [0.05, 0.1) is 16.8 Å². The van der Waals surface area contributed by atoms with Crippen LogP contribution in [-0.4, -0.2) is 32.9 Å². The minimum Gasteiger partial charge on any atom is -0.398 e. The molecule has 0 unspecified atom stereocenters. The van der Waals surface area contributed by atoms with Crippen molar-refractivity contribution in [3.63, 3.8) is 0 Å². The first-order valence-electron chi connectivity index (χ1n) is 6.89. The van der Waals surface area contributed by atoms with Gasteiger partial charge in [-0.05, 0) is 52.7 Å². The van der Waals surface area contributed by atoms with Crippen LogP contribution >= 0.6 is 0 Å². The average Bonchev–Trinajstić information content (AvgIpc) is 2.87. The highest BCUT2D eigenvalue weighted by Crippen LogP contribution is 2.36. The standard InChI is InChI=1S/C14H20BN3O2/c1-9-10(2)12-16-7-8-18(12)17-11(9)15-19-13(3,4)14(5,6)20-15/h7-8H,1-6H3. The van der Waals surface area contributed by atoms with Crippen molar-refractivity contribution in [2.45, 2.75) is 52.7 Å². The predicted molar refractivity (Wildman–Crippen MR) is 78.2 cm³/mol. The highest BCUT2D eigenvalue weighted by Gasteiger charge is 2.53. The van der Waals surface area contributed by atoms with E-state index in [-0.39, 0.29) is 11.2 Å². The van der Waals surface area contributed by atoms with Gasteiger partial charge >= 0.3 is 7.12 Å². The molecule has 1 fully saturated rings. The largest absolute Gasteiger partial charge is 0.516 e. The lowest BCUT2D eigenvalue weighted by atomic mass is 9.80. The lowest BCUT2D eigenvalue weighted by Gasteiger charge is -2.32. The summed E-state index contributed by atoms with van der Waals surface area (Å²) in [4.78, 5) is 4.32. The quantitative estimate of drug-likeness (QED) is 0.741. The molecule has 0 aromatic carbocycles. The van der Waals surface area contributed by atoms with Gasteiger partial charge in [0.25, 0.3) is 0 Å². The summed E-state index contributed by atoms with van der Waals surface area (Å²) in [7, 11) is -0.439. The van der Waals surface area contributed by atoms with Crippen molar-refractivity contribution < 1.29 is 9.31 Å². The Morgan fingerprint density at radius 1 is 1.05 bits per heavy atom. The van der Waals surface area contributed by atoms with Crippen molar-refractivity contribution in [3.05, 3.63) is 23.5 Å². The molecule has 1 saturated heterocycles. The fraction of sp³-hybridized carbons (Fsp3) is 0.571. The van der Waals surface area contributed by atoms with Crippen molar-refractivity contribution in [1.29, 1.82) is 0 Å². The van der Waals surface area contributed by atoms with Crippen LogP contribution in [0.4, 0.5) is 0 Å². The van der Waals surface area contributed by atoms with Crippen LogP contribution in [-0.2, 0) is 9.31 Å². The number of imidazole rings is 1. The molecule has 2 aromatic rings. The second-order valence-electron chi connectivity index (χ2n) is 6.42. The first kappa shape index (κ1) is 13.6. The molecule has 0 N–H and O–H groups in total. The molecule has 0 aliphatic carbocycles. The van der Waals surface area contributed by atoms with Crippen molar-refractivity contribution in [2.24, 2.45) is 0 Å². The Morgan fingerprint density at radius 2 is 1.65 bits per heavy atom. The van der Waals surface area contributed by atoms with Gasteiger partial charge < -0.3 is 9.31 Å². The predicted octanol–water partition coefficient (Wildman–Crippen LogP) is 1.65. The van der Waals surface area contributed by atoms with E-state index in [0.717, 1.165) is 22.4 Å². The van der Waals surface area contributed by atoms with E-state index in [1.165, 1.54) is 0 Å². The van der Waals surface area contributed by atoms with Crippen LogP contribution in [0.25, 0.3) is 5.65 Å². The SMILES string of the molecule is Cc1c(B2OC(C)(C)C(C)(C)O2)nn2ccnc2c1C. The van der Waals surface area contributed by atoms with E-state index in [9.17, 15) is 0 Å². The summed E-state index contributed by atoms with van der Waals surface area (Å²) in [6.45, 7) is 12.3. The first-order valence-corrected chi connectivity index (χ1v) is 6.89. The number of hydrogen-bond acceptors (Lipinski definition) is 4. The number of hydrogen-bond donors (Lipinski definition) is 0. The second kappa shape index (κ2) is 4.05. The zero-order chi connectivity index (χ0) is 14.7. The Bertz CT molecular complexity index is 662. The Hall–Kier alpha value is -1.40. The molecular formula is C14H20BN3O2. The highest BCUT2D eigenvalue weighted by molar-refractivity contribution is 6.61. The molecule has 0 spiro atoms. The van der Waals surface area contributed by atoms with Gasteiger partial charge in [0.2, 0.25) is 0 Å². The third-order valence-corrected chi connectivity index (χ3v) is 4.60. The van der Waals surface area contributed by atoms with Crippen molar-refractivity contribution in [1.82, 2.24) is 14.6 Å². The Balaban J connectivity index is 2.10. The second-order valence-corrected chi connectivity index (χ2v) is 6.42. The minimum atomic E-state index is -0.439. The van der Waals surface area contributed by atoms with Crippen LogP contribution in [0.3, 0.4) is 0 Å². The van der Waals surface area contributed by atoms with E-state index in [2.05, 4.69) is 10.1 Å². The molecule has 1 aliphatic rings. The first-order chi connectivity index (χ1) is 9.23. The van der Waals surface area contributed by atoms with Gasteiger partial charge in [-0.2, -0.15) is 5.10 Å². The van der Waals surface area contributed by atoms with E-state index in [1.54, 1.807) is 10.7 Å². The summed E-state index contributed by atoms with van der Waals surface area (Å²) in [6.07, 6.45) is 3.60. The molecule has 0 atom stereocenters. The van der Waals surface area contributed by atoms with Gasteiger partial charge in [-0.25, -0.2) is 9.50 Å². The molecule has 1 aliphatic heterocycles. The lowest BCUT2D eigenvalue weighted by Crippen LogP contribution is -2.41. The molecule has 0 amide bonds. The topological polar surface area (TPSA) is 48.7 Å². The molecule has 0 saturated carbocycles. The third kappa shape index (κ3) is 1.78. The molecule has 3 heterocycles. The van der Waals surface area contributed by atoms with E-state index < -0.39 is 7.12 Å². The van der Waals surface area contributed by atoms with Crippen molar-refractivity contribution >= 4 is 18.4 Å². The Morgan fingerprint density at radius 3 is 2.25 bits per heavy atom. The summed E-state index contributed by atoms with van der Waals surface area (Å²) in [5.41, 5.74) is 3.17. The van der Waals surface area contributed by atoms with Gasteiger partial charge in [0.1, 0.15) is 0 Å². The van der Waals surface area contributed by atoms with E-state index >= 15 is 0 Å². The van der Waals surface area contributed by atoms with Crippen LogP contribution in [0.5, 0.6) is 0 Å². The van der Waals surface area contributed by atoms with Gasteiger partial charge in [0, 0.05) is 12.4 Å². The minimum absolute atomic E-state index is 0.358. The molecule has 5 nitrogen and oxygen atoms in total. The van der Waals surface area contributed by atoms with E-state index in [4.69, 9.17) is 9.31 Å². The Labute approximate surface area is 119 Å². The lowest BCUT2D eigenvalue weighted by molar-refractivity contribution is 0.00578. The molecular weight excluding hydrogens is 253 g/mol. The number of aromatic nitrogens is 3.